The van der Waals surface area contributed by atoms with Crippen LogP contribution in [-0.4, -0.2) is 61.7 Å². The van der Waals surface area contributed by atoms with Gasteiger partial charge in [0.05, 0.1) is 5.69 Å². The first-order chi connectivity index (χ1) is 16.8. The maximum absolute atomic E-state index is 14.8. The highest BCUT2D eigenvalue weighted by Gasteiger charge is 2.29. The molecule has 0 unspecified atom stereocenters. The molecule has 12 heteroatoms. The number of likely N-dealkylation sites (tertiary alicyclic amines) is 1. The van der Waals surface area contributed by atoms with Crippen LogP contribution in [0, 0.1) is 11.7 Å². The molecule has 0 saturated carbocycles. The van der Waals surface area contributed by atoms with E-state index in [1.807, 2.05) is 39.6 Å². The van der Waals surface area contributed by atoms with Crippen LogP contribution in [0.15, 0.2) is 30.6 Å². The molecule has 1 amide bonds. The monoisotopic (exact) mass is 522 g/mol. The van der Waals surface area contributed by atoms with E-state index in [0.717, 1.165) is 18.4 Å². The van der Waals surface area contributed by atoms with Crippen molar-refractivity contribution < 1.29 is 22.3 Å². The summed E-state index contributed by atoms with van der Waals surface area (Å²) in [6.07, 6.45) is 3.10. The molecule has 0 radical (unpaired) electrons. The fourth-order valence-electron chi connectivity index (χ4n) is 4.09. The van der Waals surface area contributed by atoms with Crippen molar-refractivity contribution in [3.05, 3.63) is 42.0 Å². The largest absolute Gasteiger partial charge is 0.444 e. The fraction of sp³-hybridized carbons (Fsp3) is 0.542. The number of hydrogen-bond donors (Lipinski definition) is 1. The van der Waals surface area contributed by atoms with Crippen molar-refractivity contribution in [2.75, 3.05) is 35.9 Å². The second-order valence-electron chi connectivity index (χ2n) is 9.97. The van der Waals surface area contributed by atoms with Crippen molar-refractivity contribution in [1.29, 1.82) is 0 Å². The first kappa shape index (κ1) is 27.6. The Hall–Kier alpha value is -2.99. The number of rotatable bonds is 7. The van der Waals surface area contributed by atoms with Crippen LogP contribution in [-0.2, 0) is 21.4 Å². The van der Waals surface area contributed by atoms with E-state index in [4.69, 9.17) is 9.88 Å². The molecule has 2 N–H and O–H groups in total. The van der Waals surface area contributed by atoms with Crippen LogP contribution in [0.5, 0.6) is 0 Å². The predicted molar refractivity (Wildman–Crippen MR) is 137 cm³/mol. The zero-order chi connectivity index (χ0) is 26.7. The molecular weight excluding hydrogens is 487 g/mol. The zero-order valence-electron chi connectivity index (χ0n) is 21.4. The quantitative estimate of drug-likeness (QED) is 0.589. The molecule has 36 heavy (non-hydrogen) atoms. The molecule has 1 fully saturated rings. The van der Waals surface area contributed by atoms with Gasteiger partial charge in [0, 0.05) is 32.7 Å². The van der Waals surface area contributed by atoms with Crippen molar-refractivity contribution in [1.82, 2.24) is 14.9 Å². The van der Waals surface area contributed by atoms with Gasteiger partial charge < -0.3 is 14.5 Å². The predicted octanol–water partition coefficient (Wildman–Crippen LogP) is 3.60. The van der Waals surface area contributed by atoms with E-state index >= 15 is 0 Å². The minimum absolute atomic E-state index is 0.0581. The van der Waals surface area contributed by atoms with Crippen LogP contribution in [0.1, 0.15) is 46.1 Å². The Bertz CT molecular complexity index is 1180. The number of aromatic nitrogens is 2. The van der Waals surface area contributed by atoms with Gasteiger partial charge in [-0.25, -0.2) is 28.6 Å². The van der Waals surface area contributed by atoms with E-state index < -0.39 is 21.6 Å². The number of carbonyl (C=O) groups excluding carboxylic acids is 1. The lowest BCUT2D eigenvalue weighted by Crippen LogP contribution is -2.43. The summed E-state index contributed by atoms with van der Waals surface area (Å²) in [5.74, 6) is -0.0137. The standard InChI is InChI=1S/C24H35FN6O4S/c1-6-17-7-8-20(19(25)13-17)31(36(26,33)34)22-14-21(27-16-28-22)29(5)15-18-9-11-30(12-10-18)23(32)35-24(2,3)4/h7-8,13-14,16,18H,6,9-12,15H2,1-5H3,(H2,26,33,34). The number of carbonyl (C=O) groups is 1. The van der Waals surface area contributed by atoms with E-state index in [0.29, 0.717) is 42.1 Å². The third-order valence-corrected chi connectivity index (χ3v) is 6.82. The third-order valence-electron chi connectivity index (χ3n) is 5.93. The average Bonchev–Trinajstić information content (AvgIpc) is 2.79. The molecule has 1 aliphatic heterocycles. The van der Waals surface area contributed by atoms with Crippen LogP contribution >= 0.6 is 0 Å². The number of halogens is 1. The molecule has 1 aromatic heterocycles. The molecule has 198 valence electrons. The maximum atomic E-state index is 14.8. The fourth-order valence-corrected chi connectivity index (χ4v) is 4.87. The molecule has 3 rings (SSSR count). The Labute approximate surface area is 212 Å². The molecule has 0 aliphatic carbocycles. The second kappa shape index (κ2) is 11.0. The number of piperidine rings is 1. The van der Waals surface area contributed by atoms with Gasteiger partial charge in [0.25, 0.3) is 0 Å². The third kappa shape index (κ3) is 7.03. The summed E-state index contributed by atoms with van der Waals surface area (Å²) in [5.41, 5.74) is -0.0204. The molecule has 1 aliphatic rings. The van der Waals surface area contributed by atoms with Crippen LogP contribution in [0.3, 0.4) is 0 Å². The highest BCUT2D eigenvalue weighted by Crippen LogP contribution is 2.31. The number of aryl methyl sites for hydroxylation is 1. The maximum Gasteiger partial charge on any atom is 0.410 e. The summed E-state index contributed by atoms with van der Waals surface area (Å²) in [7, 11) is -2.54. The SMILES string of the molecule is CCc1ccc(N(c2cc(N(C)CC3CCN(C(=O)OC(C)(C)C)CC3)ncn2)S(N)(=O)=O)c(F)c1. The molecule has 2 aromatic rings. The molecule has 0 atom stereocenters. The van der Waals surface area contributed by atoms with Crippen LogP contribution in [0.4, 0.5) is 26.5 Å². The number of anilines is 3. The first-order valence-corrected chi connectivity index (χ1v) is 13.4. The second-order valence-corrected chi connectivity index (χ2v) is 11.4. The highest BCUT2D eigenvalue weighted by molar-refractivity contribution is 7.90. The summed E-state index contributed by atoms with van der Waals surface area (Å²) in [4.78, 5) is 24.2. The normalized spacial score (nSPS) is 15.0. The van der Waals surface area contributed by atoms with Gasteiger partial charge in [0.1, 0.15) is 23.6 Å². The molecule has 0 bridgehead atoms. The van der Waals surface area contributed by atoms with Gasteiger partial charge in [-0.2, -0.15) is 8.42 Å². The van der Waals surface area contributed by atoms with Gasteiger partial charge in [-0.3, -0.25) is 0 Å². The van der Waals surface area contributed by atoms with E-state index in [1.54, 1.807) is 11.0 Å². The van der Waals surface area contributed by atoms with Gasteiger partial charge in [-0.05, 0) is 63.6 Å². The number of nitrogens with two attached hydrogens (primary N) is 1. The molecule has 0 spiro atoms. The Morgan fingerprint density at radius 3 is 2.39 bits per heavy atom. The molecule has 10 nitrogen and oxygen atoms in total. The lowest BCUT2D eigenvalue weighted by atomic mass is 9.96. The molecule has 1 aromatic carbocycles. The Kier molecular flexibility index (Phi) is 8.40. The average molecular weight is 523 g/mol. The molecule has 2 heterocycles. The van der Waals surface area contributed by atoms with Crippen LogP contribution < -0.4 is 14.3 Å². The Morgan fingerprint density at radius 2 is 1.83 bits per heavy atom. The van der Waals surface area contributed by atoms with E-state index in [-0.39, 0.29) is 17.6 Å². The molecular formula is C24H35FN6O4S. The Balaban J connectivity index is 1.73. The summed E-state index contributed by atoms with van der Waals surface area (Å²) in [6, 6.07) is 5.77. The lowest BCUT2D eigenvalue weighted by Gasteiger charge is -2.35. The van der Waals surface area contributed by atoms with Crippen molar-refractivity contribution in [3.63, 3.8) is 0 Å². The van der Waals surface area contributed by atoms with Crippen molar-refractivity contribution in [3.8, 4) is 0 Å². The number of ether oxygens (including phenoxy) is 1. The van der Waals surface area contributed by atoms with E-state index in [1.165, 1.54) is 24.5 Å². The van der Waals surface area contributed by atoms with Gasteiger partial charge in [-0.1, -0.05) is 13.0 Å². The van der Waals surface area contributed by atoms with Gasteiger partial charge >= 0.3 is 16.3 Å². The number of amides is 1. The van der Waals surface area contributed by atoms with E-state index in [2.05, 4.69) is 9.97 Å². The smallest absolute Gasteiger partial charge is 0.410 e. The zero-order valence-corrected chi connectivity index (χ0v) is 22.3. The van der Waals surface area contributed by atoms with Gasteiger partial charge in [-0.15, -0.1) is 0 Å². The van der Waals surface area contributed by atoms with Crippen molar-refractivity contribution >= 4 is 33.6 Å². The topological polar surface area (TPSA) is 122 Å². The summed E-state index contributed by atoms with van der Waals surface area (Å²) in [6.45, 7) is 9.22. The minimum atomic E-state index is -4.37. The number of nitrogens with zero attached hydrogens (tertiary/aromatic N) is 5. The number of benzene rings is 1. The van der Waals surface area contributed by atoms with Crippen LogP contribution in [0.25, 0.3) is 0 Å². The summed E-state index contributed by atoms with van der Waals surface area (Å²) >= 11 is 0. The van der Waals surface area contributed by atoms with Gasteiger partial charge in [0.15, 0.2) is 5.82 Å². The molecule has 1 saturated heterocycles. The Morgan fingerprint density at radius 1 is 1.19 bits per heavy atom. The van der Waals surface area contributed by atoms with Gasteiger partial charge in [0.2, 0.25) is 0 Å². The number of hydrogen-bond acceptors (Lipinski definition) is 7. The summed E-state index contributed by atoms with van der Waals surface area (Å²) < 4.78 is 45.8. The van der Waals surface area contributed by atoms with Crippen LogP contribution in [0.2, 0.25) is 0 Å². The summed E-state index contributed by atoms with van der Waals surface area (Å²) in [5, 5.41) is 5.45. The van der Waals surface area contributed by atoms with E-state index in [9.17, 15) is 17.6 Å². The highest BCUT2D eigenvalue weighted by atomic mass is 32.2. The van der Waals surface area contributed by atoms with Crippen molar-refractivity contribution in [2.45, 2.75) is 52.6 Å². The minimum Gasteiger partial charge on any atom is -0.444 e. The lowest BCUT2D eigenvalue weighted by molar-refractivity contribution is 0.0186. The van der Waals surface area contributed by atoms with Crippen molar-refractivity contribution in [2.24, 2.45) is 11.1 Å². The first-order valence-electron chi connectivity index (χ1n) is 11.9.